The van der Waals surface area contributed by atoms with Crippen molar-refractivity contribution in [2.75, 3.05) is 11.5 Å². The second kappa shape index (κ2) is 5.01. The molecule has 3 aliphatic heterocycles. The molecule has 3 aliphatic rings. The molecule has 2 fully saturated rings. The molecule has 0 saturated carbocycles. The molecule has 4 atom stereocenters. The van der Waals surface area contributed by atoms with E-state index in [4.69, 9.17) is 9.47 Å². The summed E-state index contributed by atoms with van der Waals surface area (Å²) < 4.78 is 10.8. The molecule has 0 spiro atoms. The first-order chi connectivity index (χ1) is 11.5. The van der Waals surface area contributed by atoms with E-state index in [9.17, 15) is 14.4 Å². The first-order valence-corrected chi connectivity index (χ1v) is 7.98. The summed E-state index contributed by atoms with van der Waals surface area (Å²) in [6.45, 7) is 3.82. The van der Waals surface area contributed by atoms with Gasteiger partial charge in [-0.2, -0.15) is 0 Å². The van der Waals surface area contributed by atoms with Crippen LogP contribution in [0.3, 0.4) is 0 Å². The SMILES string of the molecule is CCOC(=O)c1cccc(N2C(=O)[C@H]3[C@@H]4C=C[C@](C)(O4)[C@H]3C2=O)c1. The molecular weight excluding hydrogens is 310 g/mol. The zero-order chi connectivity index (χ0) is 17.1. The number of imide groups is 1. The molecule has 1 aromatic carbocycles. The van der Waals surface area contributed by atoms with E-state index in [-0.39, 0.29) is 24.5 Å². The van der Waals surface area contributed by atoms with E-state index >= 15 is 0 Å². The highest BCUT2D eigenvalue weighted by Crippen LogP contribution is 2.52. The number of carbonyl (C=O) groups excluding carboxylic acids is 3. The fraction of sp³-hybridized carbons (Fsp3) is 0.389. The van der Waals surface area contributed by atoms with Crippen molar-refractivity contribution in [2.24, 2.45) is 11.8 Å². The predicted octanol–water partition coefficient (Wildman–Crippen LogP) is 1.70. The Bertz CT molecular complexity index is 785. The van der Waals surface area contributed by atoms with Crippen molar-refractivity contribution in [1.82, 2.24) is 0 Å². The highest BCUT2D eigenvalue weighted by atomic mass is 16.5. The van der Waals surface area contributed by atoms with Crippen molar-refractivity contribution in [1.29, 1.82) is 0 Å². The van der Waals surface area contributed by atoms with Crippen molar-refractivity contribution in [3.63, 3.8) is 0 Å². The van der Waals surface area contributed by atoms with Crippen LogP contribution in [0.2, 0.25) is 0 Å². The van der Waals surface area contributed by atoms with E-state index < -0.39 is 23.4 Å². The maximum Gasteiger partial charge on any atom is 0.338 e. The van der Waals surface area contributed by atoms with E-state index in [0.29, 0.717) is 11.3 Å². The first kappa shape index (κ1) is 15.1. The van der Waals surface area contributed by atoms with E-state index in [2.05, 4.69) is 0 Å². The molecule has 2 bridgehead atoms. The average Bonchev–Trinajstić information content (AvgIpc) is 3.17. The second-order valence-corrected chi connectivity index (χ2v) is 6.41. The van der Waals surface area contributed by atoms with Crippen LogP contribution in [0.15, 0.2) is 36.4 Å². The van der Waals surface area contributed by atoms with Crippen molar-refractivity contribution >= 4 is 23.5 Å². The van der Waals surface area contributed by atoms with Crippen LogP contribution in [0.4, 0.5) is 5.69 Å². The number of rotatable bonds is 3. The highest BCUT2D eigenvalue weighted by Gasteiger charge is 2.66. The quantitative estimate of drug-likeness (QED) is 0.480. The molecule has 4 rings (SSSR count). The Hall–Kier alpha value is -2.47. The van der Waals surface area contributed by atoms with Gasteiger partial charge >= 0.3 is 5.97 Å². The highest BCUT2D eigenvalue weighted by molar-refractivity contribution is 6.23. The number of anilines is 1. The van der Waals surface area contributed by atoms with Gasteiger partial charge in [0.2, 0.25) is 11.8 Å². The van der Waals surface area contributed by atoms with Crippen LogP contribution in [-0.4, -0.2) is 36.1 Å². The Morgan fingerprint density at radius 2 is 2.12 bits per heavy atom. The summed E-state index contributed by atoms with van der Waals surface area (Å²) in [4.78, 5) is 38.8. The van der Waals surface area contributed by atoms with Gasteiger partial charge in [0.05, 0.1) is 41.4 Å². The summed E-state index contributed by atoms with van der Waals surface area (Å²) in [6, 6.07) is 6.41. The van der Waals surface area contributed by atoms with Crippen LogP contribution in [0.1, 0.15) is 24.2 Å². The third-order valence-corrected chi connectivity index (χ3v) is 4.94. The van der Waals surface area contributed by atoms with Gasteiger partial charge in [-0.25, -0.2) is 9.69 Å². The average molecular weight is 327 g/mol. The van der Waals surface area contributed by atoms with Gasteiger partial charge in [-0.1, -0.05) is 18.2 Å². The van der Waals surface area contributed by atoms with Crippen LogP contribution >= 0.6 is 0 Å². The van der Waals surface area contributed by atoms with Gasteiger partial charge in [-0.3, -0.25) is 9.59 Å². The van der Waals surface area contributed by atoms with Gasteiger partial charge in [0.15, 0.2) is 0 Å². The summed E-state index contributed by atoms with van der Waals surface area (Å²) in [5, 5.41) is 0. The number of carbonyl (C=O) groups is 3. The molecule has 24 heavy (non-hydrogen) atoms. The molecule has 0 radical (unpaired) electrons. The summed E-state index contributed by atoms with van der Waals surface area (Å²) in [7, 11) is 0. The Labute approximate surface area is 139 Å². The zero-order valence-corrected chi connectivity index (χ0v) is 13.4. The number of hydrogen-bond donors (Lipinski definition) is 0. The Kier molecular flexibility index (Phi) is 3.15. The van der Waals surface area contributed by atoms with E-state index in [1.54, 1.807) is 25.1 Å². The minimum atomic E-state index is -0.727. The molecule has 6 heteroatoms. The van der Waals surface area contributed by atoms with Gasteiger partial charge in [0, 0.05) is 0 Å². The number of hydrogen-bond acceptors (Lipinski definition) is 5. The van der Waals surface area contributed by atoms with Crippen molar-refractivity contribution < 1.29 is 23.9 Å². The number of ether oxygens (including phenoxy) is 2. The Balaban J connectivity index is 1.69. The van der Waals surface area contributed by atoms with E-state index in [0.717, 1.165) is 0 Å². The van der Waals surface area contributed by atoms with Crippen LogP contribution in [-0.2, 0) is 19.1 Å². The monoisotopic (exact) mass is 327 g/mol. The standard InChI is InChI=1S/C18H17NO5/c1-3-23-17(22)10-5-4-6-11(9-10)19-15(20)13-12-7-8-18(2,24-12)14(13)16(19)21/h4-9,12-14H,3H2,1-2H3/t12-,13-,14+,18-/m0/s1. The van der Waals surface area contributed by atoms with Gasteiger partial charge in [-0.15, -0.1) is 0 Å². The van der Waals surface area contributed by atoms with E-state index in [1.165, 1.54) is 11.0 Å². The lowest BCUT2D eigenvalue weighted by Crippen LogP contribution is -2.38. The molecule has 2 saturated heterocycles. The number of nitrogens with zero attached hydrogens (tertiary/aromatic N) is 1. The lowest BCUT2D eigenvalue weighted by Gasteiger charge is -2.24. The van der Waals surface area contributed by atoms with Crippen LogP contribution in [0.5, 0.6) is 0 Å². The predicted molar refractivity (Wildman–Crippen MR) is 84.3 cm³/mol. The molecule has 0 aliphatic carbocycles. The van der Waals surface area contributed by atoms with Crippen molar-refractivity contribution in [3.05, 3.63) is 42.0 Å². The maximum absolute atomic E-state index is 12.9. The normalized spacial score (nSPS) is 33.2. The molecule has 2 amide bonds. The summed E-state index contributed by atoms with van der Waals surface area (Å²) in [5.74, 6) is -2.02. The molecule has 0 N–H and O–H groups in total. The molecule has 3 heterocycles. The van der Waals surface area contributed by atoms with Crippen molar-refractivity contribution in [2.45, 2.75) is 25.6 Å². The fourth-order valence-electron chi connectivity index (χ4n) is 3.89. The third-order valence-electron chi connectivity index (χ3n) is 4.94. The molecule has 1 aromatic rings. The van der Waals surface area contributed by atoms with Crippen molar-refractivity contribution in [3.8, 4) is 0 Å². The third kappa shape index (κ3) is 1.89. The zero-order valence-electron chi connectivity index (χ0n) is 13.4. The van der Waals surface area contributed by atoms with Gasteiger partial charge in [-0.05, 0) is 32.0 Å². The lowest BCUT2D eigenvalue weighted by molar-refractivity contribution is -0.126. The number of fused-ring (bicyclic) bond motifs is 5. The second-order valence-electron chi connectivity index (χ2n) is 6.41. The summed E-state index contributed by atoms with van der Waals surface area (Å²) in [6.07, 6.45) is 3.36. The number of benzene rings is 1. The largest absolute Gasteiger partial charge is 0.462 e. The minimum Gasteiger partial charge on any atom is -0.462 e. The molecular formula is C18H17NO5. The Morgan fingerprint density at radius 3 is 2.83 bits per heavy atom. The van der Waals surface area contributed by atoms with Gasteiger partial charge in [0.1, 0.15) is 0 Å². The smallest absolute Gasteiger partial charge is 0.338 e. The number of amides is 2. The van der Waals surface area contributed by atoms with Crippen LogP contribution in [0.25, 0.3) is 0 Å². The molecule has 6 nitrogen and oxygen atoms in total. The lowest BCUT2D eigenvalue weighted by atomic mass is 9.78. The van der Waals surface area contributed by atoms with Gasteiger partial charge < -0.3 is 9.47 Å². The summed E-state index contributed by atoms with van der Waals surface area (Å²) >= 11 is 0. The van der Waals surface area contributed by atoms with E-state index in [1.807, 2.05) is 19.1 Å². The first-order valence-electron chi connectivity index (χ1n) is 7.98. The topological polar surface area (TPSA) is 72.9 Å². The Morgan fingerprint density at radius 1 is 1.33 bits per heavy atom. The molecule has 124 valence electrons. The molecule has 0 aromatic heterocycles. The van der Waals surface area contributed by atoms with Crippen LogP contribution < -0.4 is 4.90 Å². The fourth-order valence-corrected chi connectivity index (χ4v) is 3.89. The maximum atomic E-state index is 12.9. The molecule has 0 unspecified atom stereocenters. The summed E-state index contributed by atoms with van der Waals surface area (Å²) in [5.41, 5.74) is -0.0150. The van der Waals surface area contributed by atoms with Crippen LogP contribution in [0, 0.1) is 11.8 Å². The minimum absolute atomic E-state index is 0.262. The number of esters is 1. The van der Waals surface area contributed by atoms with Gasteiger partial charge in [0.25, 0.3) is 0 Å².